The number of nitrogens with zero attached hydrogens (tertiary/aromatic N) is 4. The van der Waals surface area contributed by atoms with E-state index in [2.05, 4.69) is 15.4 Å². The molecule has 0 unspecified atom stereocenters. The number of anilines is 2. The summed E-state index contributed by atoms with van der Waals surface area (Å²) in [7, 11) is 4.53. The van der Waals surface area contributed by atoms with E-state index in [1.54, 1.807) is 28.0 Å². The van der Waals surface area contributed by atoms with Crippen molar-refractivity contribution in [2.45, 2.75) is 19.9 Å². The minimum absolute atomic E-state index is 0.0959. The van der Waals surface area contributed by atoms with E-state index in [1.165, 1.54) is 20.3 Å². The van der Waals surface area contributed by atoms with E-state index in [1.807, 2.05) is 45.3 Å². The van der Waals surface area contributed by atoms with Gasteiger partial charge in [0.25, 0.3) is 0 Å². The third kappa shape index (κ3) is 5.05. The van der Waals surface area contributed by atoms with E-state index in [4.69, 9.17) is 9.47 Å². The third-order valence-electron chi connectivity index (χ3n) is 5.72. The van der Waals surface area contributed by atoms with Crippen molar-refractivity contribution in [1.29, 1.82) is 0 Å². The van der Waals surface area contributed by atoms with Crippen LogP contribution in [0.1, 0.15) is 13.8 Å². The first-order valence-corrected chi connectivity index (χ1v) is 11.3. The smallest absolute Gasteiger partial charge is 0.191 e. The molecule has 0 aliphatic rings. The first-order chi connectivity index (χ1) is 16.8. The Bertz CT molecular complexity index is 1310. The molecule has 0 radical (unpaired) electrons. The maximum Gasteiger partial charge on any atom is 0.191 e. The van der Waals surface area contributed by atoms with Gasteiger partial charge in [0.1, 0.15) is 5.69 Å². The number of aryl methyl sites for hydroxylation is 1. The minimum Gasteiger partial charge on any atom is -0.493 e. The molecule has 7 nitrogen and oxygen atoms in total. The molecule has 0 saturated carbocycles. The van der Waals surface area contributed by atoms with Gasteiger partial charge in [0.2, 0.25) is 0 Å². The van der Waals surface area contributed by atoms with Crippen molar-refractivity contribution in [3.63, 3.8) is 0 Å². The first kappa shape index (κ1) is 24.4. The fourth-order valence-electron chi connectivity index (χ4n) is 3.96. The number of nitrogens with one attached hydrogen (secondary N) is 1. The fourth-order valence-corrected chi connectivity index (χ4v) is 3.96. The quantitative estimate of drug-likeness (QED) is 0.360. The molecular weight excluding hydrogens is 452 g/mol. The van der Waals surface area contributed by atoms with Crippen LogP contribution in [0, 0.1) is 11.6 Å². The van der Waals surface area contributed by atoms with Crippen molar-refractivity contribution >= 4 is 22.3 Å². The molecule has 2 aromatic carbocycles. The summed E-state index contributed by atoms with van der Waals surface area (Å²) in [5.74, 6) is -1.78. The molecule has 2 heterocycles. The number of benzene rings is 2. The van der Waals surface area contributed by atoms with Gasteiger partial charge >= 0.3 is 0 Å². The van der Waals surface area contributed by atoms with Gasteiger partial charge in [-0.25, -0.2) is 8.78 Å². The molecule has 0 spiro atoms. The van der Waals surface area contributed by atoms with Crippen molar-refractivity contribution in [2.24, 2.45) is 7.05 Å². The van der Waals surface area contributed by atoms with Crippen molar-refractivity contribution in [2.75, 3.05) is 32.2 Å². The largest absolute Gasteiger partial charge is 0.493 e. The maximum absolute atomic E-state index is 15.5. The second-order valence-electron chi connectivity index (χ2n) is 8.52. The number of methoxy groups -OCH3 is 2. The van der Waals surface area contributed by atoms with Crippen LogP contribution >= 0.6 is 0 Å². The van der Waals surface area contributed by atoms with Crippen molar-refractivity contribution in [1.82, 2.24) is 20.1 Å². The molecule has 0 saturated heterocycles. The number of hydrogen-bond acceptors (Lipinski definition) is 6. The predicted octanol–water partition coefficient (Wildman–Crippen LogP) is 5.07. The van der Waals surface area contributed by atoms with Gasteiger partial charge < -0.3 is 19.7 Å². The molecule has 9 heteroatoms. The summed E-state index contributed by atoms with van der Waals surface area (Å²) in [4.78, 5) is 6.16. The molecule has 1 N–H and O–H groups in total. The van der Waals surface area contributed by atoms with Gasteiger partial charge in [-0.3, -0.25) is 9.67 Å². The molecule has 2 aromatic heterocycles. The Balaban J connectivity index is 1.84. The van der Waals surface area contributed by atoms with Gasteiger partial charge in [-0.05, 0) is 24.3 Å². The van der Waals surface area contributed by atoms with E-state index in [9.17, 15) is 0 Å². The summed E-state index contributed by atoms with van der Waals surface area (Å²) in [6, 6.07) is 8.94. The van der Waals surface area contributed by atoms with E-state index in [-0.39, 0.29) is 23.2 Å². The van der Waals surface area contributed by atoms with E-state index in [0.29, 0.717) is 18.8 Å². The van der Waals surface area contributed by atoms with E-state index in [0.717, 1.165) is 22.0 Å². The number of rotatable bonds is 9. The van der Waals surface area contributed by atoms with E-state index >= 15 is 8.78 Å². The van der Waals surface area contributed by atoms with Crippen LogP contribution in [0.5, 0.6) is 11.5 Å². The van der Waals surface area contributed by atoms with Gasteiger partial charge in [-0.1, -0.05) is 13.8 Å². The molecule has 0 amide bonds. The Labute approximate surface area is 203 Å². The molecule has 0 aliphatic heterocycles. The molecule has 0 fully saturated rings. The van der Waals surface area contributed by atoms with Crippen molar-refractivity contribution in [3.8, 4) is 22.6 Å². The Hall–Kier alpha value is -3.72. The summed E-state index contributed by atoms with van der Waals surface area (Å²) in [6.45, 7) is 4.84. The number of halogens is 2. The minimum atomic E-state index is -0.794. The number of fused-ring (bicyclic) bond motifs is 1. The van der Waals surface area contributed by atoms with Gasteiger partial charge in [0, 0.05) is 66.8 Å². The summed E-state index contributed by atoms with van der Waals surface area (Å²) >= 11 is 0. The van der Waals surface area contributed by atoms with Crippen LogP contribution in [-0.2, 0) is 7.05 Å². The highest BCUT2D eigenvalue weighted by Crippen LogP contribution is 2.40. The zero-order chi connectivity index (χ0) is 25.1. The molecule has 4 aromatic rings. The summed E-state index contributed by atoms with van der Waals surface area (Å²) in [6.07, 6.45) is 5.46. The van der Waals surface area contributed by atoms with Gasteiger partial charge in [-0.15, -0.1) is 0 Å². The fraction of sp³-hybridized carbons (Fsp3) is 0.308. The summed E-state index contributed by atoms with van der Waals surface area (Å²) in [5, 5.41) is 8.37. The normalized spacial score (nSPS) is 11.3. The Morgan fingerprint density at radius 3 is 2.31 bits per heavy atom. The lowest BCUT2D eigenvalue weighted by Crippen LogP contribution is -2.33. The SMILES string of the molecule is COc1cc(OC)c(F)c(N(CCNC(C)C)c2ccc3ncc(-c4cnn(C)c4)cc3c2)c1F. The second-order valence-corrected chi connectivity index (χ2v) is 8.52. The van der Waals surface area contributed by atoms with Crippen LogP contribution in [0.3, 0.4) is 0 Å². The van der Waals surface area contributed by atoms with Crippen LogP contribution in [-0.4, -0.2) is 48.1 Å². The molecule has 184 valence electrons. The lowest BCUT2D eigenvalue weighted by Gasteiger charge is -2.28. The Kier molecular flexibility index (Phi) is 7.16. The molecule has 4 rings (SSSR count). The summed E-state index contributed by atoms with van der Waals surface area (Å²) in [5.41, 5.74) is 2.98. The lowest BCUT2D eigenvalue weighted by molar-refractivity contribution is 0.359. The van der Waals surface area contributed by atoms with Crippen LogP contribution in [0.15, 0.2) is 48.9 Å². The average Bonchev–Trinajstić information content (AvgIpc) is 3.28. The monoisotopic (exact) mass is 481 g/mol. The Morgan fingerprint density at radius 2 is 1.71 bits per heavy atom. The third-order valence-corrected chi connectivity index (χ3v) is 5.72. The Morgan fingerprint density at radius 1 is 1.00 bits per heavy atom. The van der Waals surface area contributed by atoms with Crippen LogP contribution in [0.4, 0.5) is 20.2 Å². The van der Waals surface area contributed by atoms with Gasteiger partial charge in [0.05, 0.1) is 25.9 Å². The average molecular weight is 482 g/mol. The molecular formula is C26H29F2N5O2. The zero-order valence-corrected chi connectivity index (χ0v) is 20.5. The second kappa shape index (κ2) is 10.3. The van der Waals surface area contributed by atoms with Crippen LogP contribution in [0.25, 0.3) is 22.0 Å². The number of ether oxygens (including phenoxy) is 2. The zero-order valence-electron chi connectivity index (χ0n) is 20.5. The summed E-state index contributed by atoms with van der Waals surface area (Å²) < 4.78 is 43.0. The number of pyridine rings is 1. The predicted molar refractivity (Wildman–Crippen MR) is 134 cm³/mol. The van der Waals surface area contributed by atoms with Gasteiger partial charge in [-0.2, -0.15) is 5.10 Å². The molecule has 0 bridgehead atoms. The van der Waals surface area contributed by atoms with E-state index < -0.39 is 11.6 Å². The topological polar surface area (TPSA) is 64.4 Å². The van der Waals surface area contributed by atoms with Crippen LogP contribution < -0.4 is 19.7 Å². The number of aromatic nitrogens is 3. The van der Waals surface area contributed by atoms with Crippen molar-refractivity contribution in [3.05, 3.63) is 60.6 Å². The van der Waals surface area contributed by atoms with Crippen LogP contribution in [0.2, 0.25) is 0 Å². The number of hydrogen-bond donors (Lipinski definition) is 1. The standard InChI is InChI=1S/C26H29F2N5O2/c1-16(2)29-8-9-33(26-24(27)22(34-4)12-23(35-5)25(26)28)20-6-7-21-17(11-20)10-18(13-30-21)19-14-31-32(3)15-19/h6-7,10-16,29H,8-9H2,1-5H3. The highest BCUT2D eigenvalue weighted by molar-refractivity contribution is 5.87. The molecule has 0 aliphatic carbocycles. The molecule has 35 heavy (non-hydrogen) atoms. The highest BCUT2D eigenvalue weighted by Gasteiger charge is 2.26. The van der Waals surface area contributed by atoms with Crippen molar-refractivity contribution < 1.29 is 18.3 Å². The highest BCUT2D eigenvalue weighted by atomic mass is 19.1. The maximum atomic E-state index is 15.5. The van der Waals surface area contributed by atoms with Gasteiger partial charge in [0.15, 0.2) is 23.1 Å². The lowest BCUT2D eigenvalue weighted by atomic mass is 10.1. The molecule has 0 atom stereocenters. The first-order valence-electron chi connectivity index (χ1n) is 11.3.